The minimum absolute atomic E-state index is 0.106. The molecule has 0 bridgehead atoms. The summed E-state index contributed by atoms with van der Waals surface area (Å²) in [6.07, 6.45) is 0. The number of nitrogens with one attached hydrogen (secondary N) is 1. The predicted octanol–water partition coefficient (Wildman–Crippen LogP) is 1.40. The zero-order valence-electron chi connectivity index (χ0n) is 11.1. The molecule has 6 heteroatoms. The quantitative estimate of drug-likeness (QED) is 0.618. The van der Waals surface area contributed by atoms with Crippen molar-refractivity contribution in [1.82, 2.24) is 0 Å². The van der Waals surface area contributed by atoms with E-state index in [0.717, 1.165) is 6.07 Å². The molecule has 1 aromatic carbocycles. The highest BCUT2D eigenvalue weighted by atomic mass is 16.4. The highest BCUT2D eigenvalue weighted by Gasteiger charge is 2.28. The Morgan fingerprint density at radius 1 is 1.32 bits per heavy atom. The number of hydrogen-bond acceptors (Lipinski definition) is 4. The Labute approximate surface area is 111 Å². The maximum absolute atomic E-state index is 11.9. The molecule has 0 fully saturated rings. The molecule has 5 N–H and O–H groups in total. The largest absolute Gasteiger partial charge is 0.508 e. The number of aromatic hydroxyl groups is 1. The van der Waals surface area contributed by atoms with Crippen LogP contribution < -0.4 is 11.1 Å². The third kappa shape index (κ3) is 3.69. The van der Waals surface area contributed by atoms with E-state index in [1.807, 2.05) is 20.8 Å². The minimum atomic E-state index is -1.24. The Hall–Kier alpha value is -2.08. The number of carboxylic acids is 1. The molecule has 1 aromatic rings. The first kappa shape index (κ1) is 15.0. The number of phenols is 1. The molecule has 6 nitrogen and oxygen atoms in total. The highest BCUT2D eigenvalue weighted by molar-refractivity contribution is 6.02. The molecule has 1 amide bonds. The van der Waals surface area contributed by atoms with E-state index in [1.54, 1.807) is 0 Å². The smallest absolute Gasteiger partial charge is 0.337 e. The van der Waals surface area contributed by atoms with Gasteiger partial charge in [-0.15, -0.1) is 0 Å². The summed E-state index contributed by atoms with van der Waals surface area (Å²) in [6.45, 7) is 5.44. The molecule has 0 aromatic heterocycles. The summed E-state index contributed by atoms with van der Waals surface area (Å²) < 4.78 is 0. The number of hydrogen-bond donors (Lipinski definition) is 4. The van der Waals surface area contributed by atoms with Crippen molar-refractivity contribution < 1.29 is 19.8 Å². The molecule has 1 unspecified atom stereocenters. The van der Waals surface area contributed by atoms with Crippen molar-refractivity contribution >= 4 is 17.6 Å². The van der Waals surface area contributed by atoms with Crippen LogP contribution in [0.3, 0.4) is 0 Å². The average Bonchev–Trinajstić information content (AvgIpc) is 2.28. The summed E-state index contributed by atoms with van der Waals surface area (Å²) in [7, 11) is 0. The van der Waals surface area contributed by atoms with Crippen molar-refractivity contribution in [1.29, 1.82) is 0 Å². The summed E-state index contributed by atoms with van der Waals surface area (Å²) >= 11 is 0. The topological polar surface area (TPSA) is 113 Å². The average molecular weight is 266 g/mol. The normalized spacial score (nSPS) is 12.8. The van der Waals surface area contributed by atoms with Gasteiger partial charge >= 0.3 is 5.97 Å². The summed E-state index contributed by atoms with van der Waals surface area (Å²) in [5.41, 5.74) is 5.27. The van der Waals surface area contributed by atoms with E-state index in [1.165, 1.54) is 12.1 Å². The lowest BCUT2D eigenvalue weighted by atomic mass is 9.87. The third-order valence-corrected chi connectivity index (χ3v) is 2.71. The summed E-state index contributed by atoms with van der Waals surface area (Å²) in [5.74, 6) is -1.90. The SMILES string of the molecule is CC(C)(C)C(N)C(=O)Nc1ccc(O)cc1C(=O)O. The van der Waals surface area contributed by atoms with Gasteiger partial charge in [-0.05, 0) is 23.6 Å². The van der Waals surface area contributed by atoms with Gasteiger partial charge in [0.25, 0.3) is 0 Å². The second-order valence-electron chi connectivity index (χ2n) is 5.37. The minimum Gasteiger partial charge on any atom is -0.508 e. The van der Waals surface area contributed by atoms with Crippen molar-refractivity contribution in [3.63, 3.8) is 0 Å². The monoisotopic (exact) mass is 266 g/mol. The molecule has 0 aliphatic carbocycles. The van der Waals surface area contributed by atoms with E-state index in [-0.39, 0.29) is 17.0 Å². The number of carbonyl (C=O) groups is 2. The Balaban J connectivity index is 3.00. The zero-order chi connectivity index (χ0) is 14.8. The molecule has 104 valence electrons. The van der Waals surface area contributed by atoms with E-state index in [4.69, 9.17) is 10.8 Å². The van der Waals surface area contributed by atoms with Crippen LogP contribution in [0, 0.1) is 5.41 Å². The van der Waals surface area contributed by atoms with Crippen LogP contribution in [-0.2, 0) is 4.79 Å². The van der Waals surface area contributed by atoms with Gasteiger partial charge in [-0.25, -0.2) is 4.79 Å². The number of phenolic OH excluding ortho intramolecular Hbond substituents is 1. The van der Waals surface area contributed by atoms with Crippen molar-refractivity contribution in [3.8, 4) is 5.75 Å². The van der Waals surface area contributed by atoms with Crippen LogP contribution in [0.5, 0.6) is 5.75 Å². The van der Waals surface area contributed by atoms with Gasteiger partial charge in [0, 0.05) is 0 Å². The molecule has 0 aliphatic heterocycles. The van der Waals surface area contributed by atoms with E-state index < -0.39 is 23.3 Å². The second-order valence-corrected chi connectivity index (χ2v) is 5.37. The number of aromatic carboxylic acids is 1. The fraction of sp³-hybridized carbons (Fsp3) is 0.385. The van der Waals surface area contributed by atoms with E-state index in [9.17, 15) is 14.7 Å². The second kappa shape index (κ2) is 5.27. The summed E-state index contributed by atoms with van der Waals surface area (Å²) in [5, 5.41) is 20.7. The van der Waals surface area contributed by atoms with Gasteiger partial charge in [0.15, 0.2) is 0 Å². The zero-order valence-corrected chi connectivity index (χ0v) is 11.1. The number of amides is 1. The first-order chi connectivity index (χ1) is 8.62. The van der Waals surface area contributed by atoms with Crippen molar-refractivity contribution in [2.75, 3.05) is 5.32 Å². The highest BCUT2D eigenvalue weighted by Crippen LogP contribution is 2.23. The molecule has 19 heavy (non-hydrogen) atoms. The fourth-order valence-corrected chi connectivity index (χ4v) is 1.42. The Bertz CT molecular complexity index is 506. The lowest BCUT2D eigenvalue weighted by Crippen LogP contribution is -2.45. The van der Waals surface area contributed by atoms with Gasteiger partial charge < -0.3 is 21.3 Å². The molecule has 0 aliphatic rings. The molecule has 0 saturated carbocycles. The predicted molar refractivity (Wildman–Crippen MR) is 71.1 cm³/mol. The maximum Gasteiger partial charge on any atom is 0.337 e. The van der Waals surface area contributed by atoms with Crippen LogP contribution in [0.1, 0.15) is 31.1 Å². The van der Waals surface area contributed by atoms with Gasteiger partial charge in [0.1, 0.15) is 5.75 Å². The molecule has 1 atom stereocenters. The molecule has 0 spiro atoms. The van der Waals surface area contributed by atoms with Gasteiger partial charge in [-0.3, -0.25) is 4.79 Å². The number of nitrogens with two attached hydrogens (primary N) is 1. The van der Waals surface area contributed by atoms with Crippen molar-refractivity contribution in [3.05, 3.63) is 23.8 Å². The van der Waals surface area contributed by atoms with Crippen LogP contribution in [0.15, 0.2) is 18.2 Å². The lowest BCUT2D eigenvalue weighted by molar-refractivity contribution is -0.119. The summed E-state index contributed by atoms with van der Waals surface area (Å²) in [6, 6.07) is 2.92. The molecule has 1 rings (SSSR count). The van der Waals surface area contributed by atoms with E-state index in [0.29, 0.717) is 0 Å². The number of carbonyl (C=O) groups excluding carboxylic acids is 1. The number of benzene rings is 1. The van der Waals surface area contributed by atoms with E-state index >= 15 is 0 Å². The summed E-state index contributed by atoms with van der Waals surface area (Å²) in [4.78, 5) is 23.0. The standard InChI is InChI=1S/C13H18N2O4/c1-13(2,3)10(14)11(17)15-9-5-4-7(16)6-8(9)12(18)19/h4-6,10,16H,14H2,1-3H3,(H,15,17)(H,18,19). The van der Waals surface area contributed by atoms with Gasteiger partial charge in [-0.1, -0.05) is 20.8 Å². The van der Waals surface area contributed by atoms with E-state index in [2.05, 4.69) is 5.32 Å². The van der Waals surface area contributed by atoms with Gasteiger partial charge in [-0.2, -0.15) is 0 Å². The molecule has 0 radical (unpaired) electrons. The van der Waals surface area contributed by atoms with Crippen LogP contribution in [0.2, 0.25) is 0 Å². The number of rotatable bonds is 3. The van der Waals surface area contributed by atoms with Crippen molar-refractivity contribution in [2.24, 2.45) is 11.1 Å². The Kier molecular flexibility index (Phi) is 4.16. The maximum atomic E-state index is 11.9. The molecule has 0 saturated heterocycles. The number of carboxylic acid groups (broad SMARTS) is 1. The van der Waals surface area contributed by atoms with Gasteiger partial charge in [0.2, 0.25) is 5.91 Å². The molecular weight excluding hydrogens is 248 g/mol. The lowest BCUT2D eigenvalue weighted by Gasteiger charge is -2.26. The molecule has 0 heterocycles. The molecular formula is C13H18N2O4. The Morgan fingerprint density at radius 2 is 1.89 bits per heavy atom. The fourth-order valence-electron chi connectivity index (χ4n) is 1.42. The first-order valence-corrected chi connectivity index (χ1v) is 5.75. The van der Waals surface area contributed by atoms with Gasteiger partial charge in [0.05, 0.1) is 17.3 Å². The third-order valence-electron chi connectivity index (χ3n) is 2.71. The Morgan fingerprint density at radius 3 is 2.37 bits per heavy atom. The number of anilines is 1. The van der Waals surface area contributed by atoms with Crippen LogP contribution in [-0.4, -0.2) is 28.1 Å². The van der Waals surface area contributed by atoms with Crippen LogP contribution >= 0.6 is 0 Å². The first-order valence-electron chi connectivity index (χ1n) is 5.75. The van der Waals surface area contributed by atoms with Crippen LogP contribution in [0.4, 0.5) is 5.69 Å². The van der Waals surface area contributed by atoms with Crippen molar-refractivity contribution in [2.45, 2.75) is 26.8 Å². The van der Waals surface area contributed by atoms with Crippen LogP contribution in [0.25, 0.3) is 0 Å².